The highest BCUT2D eigenvalue weighted by atomic mass is 35.5. The van der Waals surface area contributed by atoms with Crippen LogP contribution in [0.5, 0.6) is 0 Å². The van der Waals surface area contributed by atoms with Crippen LogP contribution in [0.3, 0.4) is 0 Å². The van der Waals surface area contributed by atoms with E-state index >= 15 is 0 Å². The Labute approximate surface area is 241 Å². The lowest BCUT2D eigenvalue weighted by Crippen LogP contribution is -2.27. The molecule has 5 rings (SSSR count). The van der Waals surface area contributed by atoms with E-state index in [4.69, 9.17) is 39.3 Å². The lowest BCUT2D eigenvalue weighted by atomic mass is 9.93. The number of rotatable bonds is 9. The smallest absolute Gasteiger partial charge is 0.314 e. The number of hydrogen-bond acceptors (Lipinski definition) is 7. The number of hydrazine groups is 1. The molecule has 8 nitrogen and oxygen atoms in total. The number of nitrogens with zero attached hydrogens (tertiary/aromatic N) is 2. The Hall–Kier alpha value is -3.82. The fraction of sp³-hybridized carbons (Fsp3) is 0.200. The molecule has 1 aliphatic rings. The maximum absolute atomic E-state index is 11.6. The van der Waals surface area contributed by atoms with Crippen LogP contribution in [0.25, 0.3) is 22.5 Å². The van der Waals surface area contributed by atoms with Crippen molar-refractivity contribution in [1.82, 2.24) is 10.2 Å². The largest absolute Gasteiger partial charge is 0.481 e. The molecule has 1 atom stereocenters. The first-order chi connectivity index (χ1) is 19.1. The van der Waals surface area contributed by atoms with Gasteiger partial charge in [0.05, 0.1) is 39.0 Å². The quantitative estimate of drug-likeness (QED) is 0.141. The first-order valence-corrected chi connectivity index (χ1v) is 13.4. The highest BCUT2D eigenvalue weighted by molar-refractivity contribution is 6.42. The van der Waals surface area contributed by atoms with E-state index in [1.165, 1.54) is 11.2 Å². The molecular weight excluding hydrogens is 551 g/mol. The van der Waals surface area contributed by atoms with Crippen molar-refractivity contribution in [2.75, 3.05) is 0 Å². The minimum Gasteiger partial charge on any atom is -0.481 e. The topological polar surface area (TPSA) is 139 Å². The van der Waals surface area contributed by atoms with Gasteiger partial charge >= 0.3 is 5.97 Å². The summed E-state index contributed by atoms with van der Waals surface area (Å²) in [5.41, 5.74) is 10.8. The standard InChI is InChI=1S/C30H28Cl2N4O4/c1-17-26(27(37)25(33)16-36(34)15-18-2-11-23(31)24(32)14-18)28(40-35-17)21-5-3-19(4-6-21)20-7-9-22(10-8-20)30(12-13-30)29(38)39/h2-11,14,16,27,37H,12-13,15,33-34H2,1H3,(H,38,39)/b25-16-. The van der Waals surface area contributed by atoms with Crippen LogP contribution in [-0.4, -0.2) is 26.3 Å². The maximum atomic E-state index is 11.6. The fourth-order valence-corrected chi connectivity index (χ4v) is 5.10. The normalized spacial score (nSPS) is 15.1. The second-order valence-electron chi connectivity index (χ2n) is 10.0. The summed E-state index contributed by atoms with van der Waals surface area (Å²) in [5.74, 6) is 5.74. The van der Waals surface area contributed by atoms with E-state index in [9.17, 15) is 15.0 Å². The van der Waals surface area contributed by atoms with E-state index in [2.05, 4.69) is 5.16 Å². The molecule has 1 aromatic heterocycles. The van der Waals surface area contributed by atoms with Crippen LogP contribution in [-0.2, 0) is 16.8 Å². The van der Waals surface area contributed by atoms with Crippen molar-refractivity contribution >= 4 is 29.2 Å². The number of aliphatic hydroxyl groups is 1. The van der Waals surface area contributed by atoms with E-state index in [-0.39, 0.29) is 5.70 Å². The summed E-state index contributed by atoms with van der Waals surface area (Å²) in [7, 11) is 0. The van der Waals surface area contributed by atoms with Crippen LogP contribution in [0.4, 0.5) is 0 Å². The van der Waals surface area contributed by atoms with Gasteiger partial charge in [-0.3, -0.25) is 4.79 Å². The third-order valence-corrected chi connectivity index (χ3v) is 7.98. The zero-order valence-corrected chi connectivity index (χ0v) is 23.2. The third kappa shape index (κ3) is 5.44. The van der Waals surface area contributed by atoms with Crippen LogP contribution in [0.2, 0.25) is 10.0 Å². The summed E-state index contributed by atoms with van der Waals surface area (Å²) >= 11 is 12.1. The molecule has 10 heteroatoms. The number of aryl methyl sites for hydroxylation is 1. The van der Waals surface area contributed by atoms with Crippen molar-refractivity contribution < 1.29 is 19.5 Å². The number of hydrogen-bond donors (Lipinski definition) is 4. The zero-order chi connectivity index (χ0) is 28.6. The highest BCUT2D eigenvalue weighted by Gasteiger charge is 2.51. The van der Waals surface area contributed by atoms with Crippen molar-refractivity contribution in [3.05, 3.63) is 111 Å². The fourth-order valence-electron chi connectivity index (χ4n) is 4.78. The van der Waals surface area contributed by atoms with Gasteiger partial charge in [0.1, 0.15) is 6.10 Å². The lowest BCUT2D eigenvalue weighted by molar-refractivity contribution is -0.140. The molecule has 0 radical (unpaired) electrons. The SMILES string of the molecule is Cc1noc(-c2ccc(-c3ccc(C4(C(=O)O)CC4)cc3)cc2)c1C(O)/C(N)=C/N(N)Cc1ccc(Cl)c(Cl)c1. The van der Waals surface area contributed by atoms with Gasteiger partial charge in [0.25, 0.3) is 0 Å². The van der Waals surface area contributed by atoms with Gasteiger partial charge in [-0.15, -0.1) is 0 Å². The molecule has 6 N–H and O–H groups in total. The summed E-state index contributed by atoms with van der Waals surface area (Å²) in [6, 6.07) is 20.4. The van der Waals surface area contributed by atoms with Crippen molar-refractivity contribution in [2.45, 2.75) is 37.8 Å². The molecule has 1 saturated carbocycles. The second-order valence-corrected chi connectivity index (χ2v) is 10.8. The van der Waals surface area contributed by atoms with Crippen molar-refractivity contribution in [3.8, 4) is 22.5 Å². The molecule has 1 aliphatic carbocycles. The number of carboxylic acids is 1. The summed E-state index contributed by atoms with van der Waals surface area (Å²) in [4.78, 5) is 11.6. The molecule has 0 amide bonds. The van der Waals surface area contributed by atoms with E-state index in [0.29, 0.717) is 52.0 Å². The number of carbonyl (C=O) groups is 1. The minimum atomic E-state index is -1.21. The first kappa shape index (κ1) is 27.7. The maximum Gasteiger partial charge on any atom is 0.314 e. The number of benzene rings is 3. The third-order valence-electron chi connectivity index (χ3n) is 7.24. The average molecular weight is 579 g/mol. The van der Waals surface area contributed by atoms with Gasteiger partial charge in [-0.2, -0.15) is 0 Å². The van der Waals surface area contributed by atoms with Gasteiger partial charge in [0, 0.05) is 11.8 Å². The number of aliphatic hydroxyl groups excluding tert-OH is 1. The first-order valence-electron chi connectivity index (χ1n) is 12.6. The highest BCUT2D eigenvalue weighted by Crippen LogP contribution is 2.48. The number of carboxylic acid groups (broad SMARTS) is 1. The van der Waals surface area contributed by atoms with Crippen LogP contribution >= 0.6 is 23.2 Å². The predicted octanol–water partition coefficient (Wildman–Crippen LogP) is 5.95. The summed E-state index contributed by atoms with van der Waals surface area (Å²) in [5, 5.41) is 26.9. The Kier molecular flexibility index (Phi) is 7.61. The Morgan fingerprint density at radius 1 is 1.05 bits per heavy atom. The Bertz CT molecular complexity index is 1580. The van der Waals surface area contributed by atoms with Gasteiger partial charge < -0.3 is 25.5 Å². The number of nitrogens with two attached hydrogens (primary N) is 2. The minimum absolute atomic E-state index is 0.113. The molecule has 1 unspecified atom stereocenters. The molecule has 206 valence electrons. The van der Waals surface area contributed by atoms with Gasteiger partial charge in [-0.25, -0.2) is 5.84 Å². The zero-order valence-electron chi connectivity index (χ0n) is 21.6. The van der Waals surface area contributed by atoms with Gasteiger partial charge in [0.2, 0.25) is 0 Å². The Morgan fingerprint density at radius 2 is 1.65 bits per heavy atom. The molecule has 3 aromatic carbocycles. The summed E-state index contributed by atoms with van der Waals surface area (Å²) < 4.78 is 5.59. The van der Waals surface area contributed by atoms with E-state index in [0.717, 1.165) is 22.3 Å². The van der Waals surface area contributed by atoms with Crippen molar-refractivity contribution in [2.24, 2.45) is 11.6 Å². The van der Waals surface area contributed by atoms with E-state index < -0.39 is 17.5 Å². The Morgan fingerprint density at radius 3 is 2.23 bits per heavy atom. The molecule has 0 spiro atoms. The van der Waals surface area contributed by atoms with E-state index in [1.54, 1.807) is 25.1 Å². The predicted molar refractivity (Wildman–Crippen MR) is 154 cm³/mol. The Balaban J connectivity index is 1.33. The average Bonchev–Trinajstić information content (AvgIpc) is 3.67. The monoisotopic (exact) mass is 578 g/mol. The van der Waals surface area contributed by atoms with Crippen LogP contribution < -0.4 is 11.6 Å². The number of aromatic nitrogens is 1. The molecular formula is C30H28Cl2N4O4. The molecule has 0 aliphatic heterocycles. The summed E-state index contributed by atoms with van der Waals surface area (Å²) in [6.07, 6.45) is 1.58. The van der Waals surface area contributed by atoms with Crippen LogP contribution in [0.15, 0.2) is 83.2 Å². The molecule has 0 saturated heterocycles. The van der Waals surface area contributed by atoms with E-state index in [1.807, 2.05) is 48.5 Å². The van der Waals surface area contributed by atoms with Crippen molar-refractivity contribution in [3.63, 3.8) is 0 Å². The molecule has 1 fully saturated rings. The number of aliphatic carboxylic acids is 1. The van der Waals surface area contributed by atoms with Crippen molar-refractivity contribution in [1.29, 1.82) is 0 Å². The second kappa shape index (κ2) is 11.0. The molecule has 4 aromatic rings. The van der Waals surface area contributed by atoms with Gasteiger partial charge in [0.15, 0.2) is 5.76 Å². The molecule has 40 heavy (non-hydrogen) atoms. The van der Waals surface area contributed by atoms with Gasteiger partial charge in [-0.1, -0.05) is 83.0 Å². The van der Waals surface area contributed by atoms with Gasteiger partial charge in [-0.05, 0) is 54.2 Å². The van der Waals surface area contributed by atoms with Crippen LogP contribution in [0.1, 0.15) is 41.3 Å². The number of halogens is 2. The summed E-state index contributed by atoms with van der Waals surface area (Å²) in [6.45, 7) is 2.02. The molecule has 1 heterocycles. The van der Waals surface area contributed by atoms with Crippen LogP contribution in [0, 0.1) is 6.92 Å². The lowest BCUT2D eigenvalue weighted by Gasteiger charge is -2.18. The molecule has 0 bridgehead atoms.